The summed E-state index contributed by atoms with van der Waals surface area (Å²) in [5, 5.41) is 2.85. The zero-order valence-electron chi connectivity index (χ0n) is 18.3. The van der Waals surface area contributed by atoms with E-state index in [9.17, 15) is 4.79 Å². The first-order valence-corrected chi connectivity index (χ1v) is 10.7. The number of unbranched alkanes of at least 4 members (excludes halogenated alkanes) is 3. The van der Waals surface area contributed by atoms with E-state index in [-0.39, 0.29) is 17.9 Å². The highest BCUT2D eigenvalue weighted by Gasteiger charge is 2.17. The van der Waals surface area contributed by atoms with Crippen molar-refractivity contribution in [1.29, 1.82) is 0 Å². The lowest BCUT2D eigenvalue weighted by molar-refractivity contribution is -0.118. The molecule has 0 fully saturated rings. The van der Waals surface area contributed by atoms with Crippen LogP contribution in [0, 0.1) is 0 Å². The van der Waals surface area contributed by atoms with Crippen molar-refractivity contribution >= 4 is 11.6 Å². The molecule has 29 heavy (non-hydrogen) atoms. The Morgan fingerprint density at radius 1 is 0.862 bits per heavy atom. The first kappa shape index (κ1) is 22.8. The Bertz CT molecular complexity index is 736. The number of anilines is 1. The molecule has 0 aliphatic heterocycles. The number of amides is 1. The fourth-order valence-electron chi connectivity index (χ4n) is 2.91. The Balaban J connectivity index is 1.75. The molecule has 0 aliphatic carbocycles. The molecule has 0 heterocycles. The van der Waals surface area contributed by atoms with Crippen LogP contribution in [0.3, 0.4) is 0 Å². The molecule has 2 aromatic carbocycles. The quantitative estimate of drug-likeness (QED) is 0.424. The van der Waals surface area contributed by atoms with Crippen molar-refractivity contribution in [2.45, 2.75) is 65.2 Å². The molecule has 158 valence electrons. The Morgan fingerprint density at radius 3 is 2.10 bits per heavy atom. The lowest BCUT2D eigenvalue weighted by atomic mass is 9.82. The summed E-state index contributed by atoms with van der Waals surface area (Å²) in [6.07, 6.45) is 5.81. The lowest BCUT2D eigenvalue weighted by Gasteiger charge is -2.23. The molecule has 1 amide bonds. The van der Waals surface area contributed by atoms with E-state index in [1.165, 1.54) is 24.8 Å². The molecule has 0 unspecified atom stereocenters. The van der Waals surface area contributed by atoms with Crippen molar-refractivity contribution in [3.05, 3.63) is 54.1 Å². The van der Waals surface area contributed by atoms with E-state index in [0.29, 0.717) is 5.75 Å². The predicted octanol–water partition coefficient (Wildman–Crippen LogP) is 6.35. The second-order valence-corrected chi connectivity index (χ2v) is 8.03. The van der Waals surface area contributed by atoms with Crippen LogP contribution in [0.25, 0.3) is 0 Å². The highest BCUT2D eigenvalue weighted by Crippen LogP contribution is 2.28. The third-order valence-corrected chi connectivity index (χ3v) is 5.29. The number of nitrogens with one attached hydrogen (secondary N) is 1. The fraction of sp³-hybridized carbons (Fsp3) is 0.480. The van der Waals surface area contributed by atoms with Gasteiger partial charge in [-0.05, 0) is 60.2 Å². The second kappa shape index (κ2) is 11.5. The van der Waals surface area contributed by atoms with Crippen LogP contribution in [-0.4, -0.2) is 19.1 Å². The first-order valence-electron chi connectivity index (χ1n) is 10.7. The maximum Gasteiger partial charge on any atom is 0.262 e. The molecule has 1 N–H and O–H groups in total. The Kier molecular flexibility index (Phi) is 9.04. The molecule has 0 spiro atoms. The van der Waals surface area contributed by atoms with Crippen LogP contribution >= 0.6 is 0 Å². The topological polar surface area (TPSA) is 47.6 Å². The summed E-state index contributed by atoms with van der Waals surface area (Å²) < 4.78 is 11.3. The highest BCUT2D eigenvalue weighted by molar-refractivity contribution is 5.91. The van der Waals surface area contributed by atoms with Crippen LogP contribution in [0.2, 0.25) is 0 Å². The smallest absolute Gasteiger partial charge is 0.262 e. The van der Waals surface area contributed by atoms with Crippen molar-refractivity contribution in [2.24, 2.45) is 0 Å². The van der Waals surface area contributed by atoms with Gasteiger partial charge in [-0.15, -0.1) is 0 Å². The standard InChI is InChI=1S/C25H35NO3/c1-5-7-8-9-18-28-22-16-12-21(13-17-22)26-24(27)19-29-23-14-10-20(11-15-23)25(3,4)6-2/h10-17H,5-9,18-19H2,1-4H3,(H,26,27). The Morgan fingerprint density at radius 2 is 1.48 bits per heavy atom. The van der Waals surface area contributed by atoms with Crippen LogP contribution < -0.4 is 14.8 Å². The van der Waals surface area contributed by atoms with Crippen molar-refractivity contribution < 1.29 is 14.3 Å². The Labute approximate surface area is 175 Å². The van der Waals surface area contributed by atoms with Gasteiger partial charge in [0.2, 0.25) is 0 Å². The fourth-order valence-corrected chi connectivity index (χ4v) is 2.91. The van der Waals surface area contributed by atoms with E-state index in [2.05, 4.69) is 45.1 Å². The number of rotatable bonds is 12. The van der Waals surface area contributed by atoms with Crippen molar-refractivity contribution in [3.63, 3.8) is 0 Å². The molecular formula is C25H35NO3. The molecular weight excluding hydrogens is 362 g/mol. The first-order chi connectivity index (χ1) is 13.9. The van der Waals surface area contributed by atoms with Crippen LogP contribution in [0.1, 0.15) is 65.4 Å². The van der Waals surface area contributed by atoms with Gasteiger partial charge in [0.15, 0.2) is 6.61 Å². The van der Waals surface area contributed by atoms with Gasteiger partial charge in [-0.2, -0.15) is 0 Å². The normalized spacial score (nSPS) is 11.2. The molecule has 0 radical (unpaired) electrons. The monoisotopic (exact) mass is 397 g/mol. The maximum atomic E-state index is 12.1. The number of hydrogen-bond acceptors (Lipinski definition) is 3. The number of hydrogen-bond donors (Lipinski definition) is 1. The third-order valence-electron chi connectivity index (χ3n) is 5.29. The molecule has 2 rings (SSSR count). The number of ether oxygens (including phenoxy) is 2. The van der Waals surface area contributed by atoms with Gasteiger partial charge >= 0.3 is 0 Å². The van der Waals surface area contributed by atoms with Crippen LogP contribution in [0.15, 0.2) is 48.5 Å². The van der Waals surface area contributed by atoms with Gasteiger partial charge in [0.1, 0.15) is 11.5 Å². The number of carbonyl (C=O) groups is 1. The molecule has 0 saturated carbocycles. The van der Waals surface area contributed by atoms with Gasteiger partial charge in [0.05, 0.1) is 6.61 Å². The lowest BCUT2D eigenvalue weighted by Crippen LogP contribution is -2.20. The Hall–Kier alpha value is -2.49. The molecule has 0 bridgehead atoms. The van der Waals surface area contributed by atoms with Crippen molar-refractivity contribution in [1.82, 2.24) is 0 Å². The van der Waals surface area contributed by atoms with E-state index in [4.69, 9.17) is 9.47 Å². The van der Waals surface area contributed by atoms with Gasteiger partial charge in [-0.25, -0.2) is 0 Å². The number of carbonyl (C=O) groups excluding carboxylic acids is 1. The van der Waals surface area contributed by atoms with Gasteiger partial charge in [-0.3, -0.25) is 4.79 Å². The molecule has 2 aromatic rings. The van der Waals surface area contributed by atoms with E-state index in [1.807, 2.05) is 36.4 Å². The summed E-state index contributed by atoms with van der Waals surface area (Å²) in [6, 6.07) is 15.4. The van der Waals surface area contributed by atoms with Gasteiger partial charge in [-0.1, -0.05) is 59.1 Å². The summed E-state index contributed by atoms with van der Waals surface area (Å²) in [6.45, 7) is 9.53. The minimum absolute atomic E-state index is 0.0216. The molecule has 4 heteroatoms. The minimum atomic E-state index is -0.184. The largest absolute Gasteiger partial charge is 0.494 e. The number of benzene rings is 2. The summed E-state index contributed by atoms with van der Waals surface area (Å²) in [7, 11) is 0. The van der Waals surface area contributed by atoms with Crippen molar-refractivity contribution in [3.8, 4) is 11.5 Å². The van der Waals surface area contributed by atoms with Gasteiger partial charge in [0, 0.05) is 5.69 Å². The molecule has 4 nitrogen and oxygen atoms in total. The zero-order valence-corrected chi connectivity index (χ0v) is 18.3. The second-order valence-electron chi connectivity index (χ2n) is 8.03. The molecule has 0 atom stereocenters. The summed E-state index contributed by atoms with van der Waals surface area (Å²) in [4.78, 5) is 12.1. The maximum absolute atomic E-state index is 12.1. The minimum Gasteiger partial charge on any atom is -0.494 e. The molecule has 0 saturated heterocycles. The van der Waals surface area contributed by atoms with Crippen LogP contribution in [0.4, 0.5) is 5.69 Å². The molecule has 0 aliphatic rings. The van der Waals surface area contributed by atoms with E-state index >= 15 is 0 Å². The van der Waals surface area contributed by atoms with Crippen molar-refractivity contribution in [2.75, 3.05) is 18.5 Å². The van der Waals surface area contributed by atoms with E-state index in [1.54, 1.807) is 0 Å². The highest BCUT2D eigenvalue weighted by atomic mass is 16.5. The average molecular weight is 398 g/mol. The average Bonchev–Trinajstić information content (AvgIpc) is 2.73. The summed E-state index contributed by atoms with van der Waals surface area (Å²) in [5.41, 5.74) is 2.14. The van der Waals surface area contributed by atoms with Crippen LogP contribution in [-0.2, 0) is 10.2 Å². The predicted molar refractivity (Wildman–Crippen MR) is 120 cm³/mol. The van der Waals surface area contributed by atoms with E-state index in [0.717, 1.165) is 30.9 Å². The van der Waals surface area contributed by atoms with E-state index < -0.39 is 0 Å². The van der Waals surface area contributed by atoms with Gasteiger partial charge < -0.3 is 14.8 Å². The summed E-state index contributed by atoms with van der Waals surface area (Å²) in [5.74, 6) is 1.34. The SMILES string of the molecule is CCCCCCOc1ccc(NC(=O)COc2ccc(C(C)(C)CC)cc2)cc1. The molecule has 0 aromatic heterocycles. The van der Waals surface area contributed by atoms with Crippen LogP contribution in [0.5, 0.6) is 11.5 Å². The third kappa shape index (κ3) is 7.80. The summed E-state index contributed by atoms with van der Waals surface area (Å²) >= 11 is 0. The zero-order chi connectivity index (χ0) is 21.1. The van der Waals surface area contributed by atoms with Gasteiger partial charge in [0.25, 0.3) is 5.91 Å².